The summed E-state index contributed by atoms with van der Waals surface area (Å²) < 4.78 is 1.86. The third kappa shape index (κ3) is 3.50. The van der Waals surface area contributed by atoms with E-state index in [0.29, 0.717) is 24.8 Å². The number of nitrogens with zero attached hydrogens (tertiary/aromatic N) is 5. The molecule has 2 aliphatic rings. The Hall–Kier alpha value is -2.05. The van der Waals surface area contributed by atoms with E-state index < -0.39 is 0 Å². The van der Waals surface area contributed by atoms with Gasteiger partial charge in [0.1, 0.15) is 0 Å². The number of hydrogen-bond donors (Lipinski definition) is 1. The van der Waals surface area contributed by atoms with Crippen LogP contribution in [-0.2, 0) is 11.8 Å². The Labute approximate surface area is 149 Å². The largest absolute Gasteiger partial charge is 0.370 e. The Bertz CT molecular complexity index is 667. The maximum Gasteiger partial charge on any atom is 0.223 e. The molecule has 2 aliphatic heterocycles. The third-order valence-electron chi connectivity index (χ3n) is 5.75. The average Bonchev–Trinajstić information content (AvgIpc) is 3.05. The first-order chi connectivity index (χ1) is 11.9. The van der Waals surface area contributed by atoms with Gasteiger partial charge in [-0.15, -0.1) is 0 Å². The first-order valence-corrected chi connectivity index (χ1v) is 9.17. The molecule has 1 amide bonds. The molecule has 1 unspecified atom stereocenters. The highest BCUT2D eigenvalue weighted by molar-refractivity contribution is 5.80. The number of aryl methyl sites for hydroxylation is 1. The first-order valence-electron chi connectivity index (χ1n) is 9.17. The van der Waals surface area contributed by atoms with Crippen molar-refractivity contribution in [2.45, 2.75) is 39.2 Å². The van der Waals surface area contributed by atoms with E-state index in [4.69, 9.17) is 5.73 Å². The molecule has 7 heteroatoms. The van der Waals surface area contributed by atoms with E-state index in [1.165, 1.54) is 12.8 Å². The van der Waals surface area contributed by atoms with Crippen LogP contribution < -0.4 is 5.73 Å². The maximum atomic E-state index is 12.3. The van der Waals surface area contributed by atoms with Crippen LogP contribution in [0.4, 0.5) is 0 Å². The lowest BCUT2D eigenvalue weighted by molar-refractivity contribution is -0.127. The van der Waals surface area contributed by atoms with Crippen LogP contribution in [0.2, 0.25) is 0 Å². The predicted molar refractivity (Wildman–Crippen MR) is 98.0 cm³/mol. The standard InChI is InChI=1S/C18H30N6O/c1-12-6-5-7-24(11-12)18(19)20-9-14-8-16(25)22(3)17(14)15-10-21-23(4)13(15)2/h10,12,14,17H,5-9,11H2,1-4H3,(H2,19,20)/t12?,14-,17+/m0/s1. The van der Waals surface area contributed by atoms with Crippen molar-refractivity contribution in [2.75, 3.05) is 26.7 Å². The topological polar surface area (TPSA) is 79.8 Å². The van der Waals surface area contributed by atoms with Crippen molar-refractivity contribution in [1.29, 1.82) is 0 Å². The van der Waals surface area contributed by atoms with E-state index in [1.807, 2.05) is 36.8 Å². The number of piperidine rings is 1. The van der Waals surface area contributed by atoms with Gasteiger partial charge >= 0.3 is 0 Å². The molecular weight excluding hydrogens is 316 g/mol. The van der Waals surface area contributed by atoms with Crippen LogP contribution in [0.3, 0.4) is 0 Å². The first kappa shape index (κ1) is 17.8. The summed E-state index contributed by atoms with van der Waals surface area (Å²) in [5.41, 5.74) is 8.45. The summed E-state index contributed by atoms with van der Waals surface area (Å²) in [5, 5.41) is 4.34. The summed E-state index contributed by atoms with van der Waals surface area (Å²) in [4.78, 5) is 21.0. The molecular formula is C18H30N6O. The minimum Gasteiger partial charge on any atom is -0.370 e. The molecule has 3 atom stereocenters. The number of guanidine groups is 1. The lowest BCUT2D eigenvalue weighted by Gasteiger charge is -2.32. The van der Waals surface area contributed by atoms with Gasteiger partial charge in [-0.2, -0.15) is 5.10 Å². The van der Waals surface area contributed by atoms with Crippen LogP contribution in [-0.4, -0.2) is 58.1 Å². The van der Waals surface area contributed by atoms with Crippen molar-refractivity contribution in [3.8, 4) is 0 Å². The second kappa shape index (κ2) is 7.06. The van der Waals surface area contributed by atoms with Crippen LogP contribution in [0.25, 0.3) is 0 Å². The molecule has 2 N–H and O–H groups in total. The number of carbonyl (C=O) groups excluding carboxylic acids is 1. The second-order valence-electron chi connectivity index (χ2n) is 7.61. The Morgan fingerprint density at radius 1 is 1.44 bits per heavy atom. The van der Waals surface area contributed by atoms with Gasteiger partial charge in [0, 0.05) is 57.3 Å². The van der Waals surface area contributed by atoms with Crippen LogP contribution in [0.5, 0.6) is 0 Å². The van der Waals surface area contributed by atoms with E-state index in [-0.39, 0.29) is 17.9 Å². The zero-order chi connectivity index (χ0) is 18.1. The molecule has 0 aliphatic carbocycles. The van der Waals surface area contributed by atoms with Crippen molar-refractivity contribution in [1.82, 2.24) is 19.6 Å². The van der Waals surface area contributed by atoms with Gasteiger partial charge in [0.25, 0.3) is 0 Å². The number of aliphatic imine (C=N–C) groups is 1. The van der Waals surface area contributed by atoms with Crippen molar-refractivity contribution in [3.63, 3.8) is 0 Å². The minimum absolute atomic E-state index is 0.0260. The fraction of sp³-hybridized carbons (Fsp3) is 0.722. The summed E-state index contributed by atoms with van der Waals surface area (Å²) in [6.07, 6.45) is 4.82. The Kier molecular flexibility index (Phi) is 5.01. The molecule has 3 heterocycles. The molecule has 2 saturated heterocycles. The number of carbonyl (C=O) groups is 1. The van der Waals surface area contributed by atoms with Gasteiger partial charge in [-0.05, 0) is 25.7 Å². The van der Waals surface area contributed by atoms with E-state index in [1.54, 1.807) is 0 Å². The SMILES string of the molecule is Cc1c([C@H]2[C@H](CN=C(N)N3CCCC(C)C3)CC(=O)N2C)cnn1C. The quantitative estimate of drug-likeness (QED) is 0.661. The van der Waals surface area contributed by atoms with E-state index >= 15 is 0 Å². The Morgan fingerprint density at radius 3 is 2.84 bits per heavy atom. The lowest BCUT2D eigenvalue weighted by Crippen LogP contribution is -2.43. The van der Waals surface area contributed by atoms with Gasteiger partial charge in [-0.1, -0.05) is 6.92 Å². The molecule has 0 spiro atoms. The van der Waals surface area contributed by atoms with Crippen LogP contribution in [0, 0.1) is 18.8 Å². The normalized spacial score (nSPS) is 28.1. The van der Waals surface area contributed by atoms with Crippen molar-refractivity contribution < 1.29 is 4.79 Å². The molecule has 25 heavy (non-hydrogen) atoms. The molecule has 1 aromatic heterocycles. The van der Waals surface area contributed by atoms with E-state index in [9.17, 15) is 4.79 Å². The number of amides is 1. The molecule has 138 valence electrons. The number of hydrogen-bond acceptors (Lipinski definition) is 3. The molecule has 0 bridgehead atoms. The molecule has 0 radical (unpaired) electrons. The smallest absolute Gasteiger partial charge is 0.223 e. The monoisotopic (exact) mass is 346 g/mol. The van der Waals surface area contributed by atoms with Gasteiger partial charge in [-0.3, -0.25) is 14.5 Å². The highest BCUT2D eigenvalue weighted by Gasteiger charge is 2.40. The molecule has 1 aromatic rings. The Morgan fingerprint density at radius 2 is 2.20 bits per heavy atom. The number of likely N-dealkylation sites (tertiary alicyclic amines) is 2. The number of aromatic nitrogens is 2. The van der Waals surface area contributed by atoms with E-state index in [2.05, 4.69) is 21.9 Å². The molecule has 3 rings (SSSR count). The third-order valence-corrected chi connectivity index (χ3v) is 5.75. The van der Waals surface area contributed by atoms with E-state index in [0.717, 1.165) is 24.3 Å². The summed E-state index contributed by atoms with van der Waals surface area (Å²) in [6.45, 7) is 6.83. The summed E-state index contributed by atoms with van der Waals surface area (Å²) in [5.74, 6) is 1.59. The fourth-order valence-electron chi connectivity index (χ4n) is 4.09. The second-order valence-corrected chi connectivity index (χ2v) is 7.61. The molecule has 0 aromatic carbocycles. The summed E-state index contributed by atoms with van der Waals surface area (Å²) in [6, 6.07) is 0.0260. The van der Waals surface area contributed by atoms with Crippen LogP contribution in [0.15, 0.2) is 11.2 Å². The average molecular weight is 346 g/mol. The fourth-order valence-corrected chi connectivity index (χ4v) is 4.09. The molecule has 2 fully saturated rings. The van der Waals surface area contributed by atoms with Gasteiger partial charge in [0.05, 0.1) is 12.2 Å². The lowest BCUT2D eigenvalue weighted by atomic mass is 9.94. The highest BCUT2D eigenvalue weighted by atomic mass is 16.2. The zero-order valence-corrected chi connectivity index (χ0v) is 15.8. The van der Waals surface area contributed by atoms with Crippen LogP contribution >= 0.6 is 0 Å². The predicted octanol–water partition coefficient (Wildman–Crippen LogP) is 1.29. The minimum atomic E-state index is 0.0260. The van der Waals surface area contributed by atoms with Crippen molar-refractivity contribution in [3.05, 3.63) is 17.5 Å². The zero-order valence-electron chi connectivity index (χ0n) is 15.8. The number of nitrogens with two attached hydrogens (primary N) is 1. The summed E-state index contributed by atoms with van der Waals surface area (Å²) in [7, 11) is 3.80. The van der Waals surface area contributed by atoms with Gasteiger partial charge in [-0.25, -0.2) is 0 Å². The molecule has 7 nitrogen and oxygen atoms in total. The Balaban J connectivity index is 1.74. The van der Waals surface area contributed by atoms with Crippen LogP contribution in [0.1, 0.15) is 43.5 Å². The van der Waals surface area contributed by atoms with Gasteiger partial charge in [0.2, 0.25) is 5.91 Å². The van der Waals surface area contributed by atoms with Gasteiger partial charge < -0.3 is 15.5 Å². The maximum absolute atomic E-state index is 12.3. The van der Waals surface area contributed by atoms with Gasteiger partial charge in [0.15, 0.2) is 5.96 Å². The highest BCUT2D eigenvalue weighted by Crippen LogP contribution is 2.38. The number of rotatable bonds is 3. The molecule has 0 saturated carbocycles. The summed E-state index contributed by atoms with van der Waals surface area (Å²) >= 11 is 0. The van der Waals surface area contributed by atoms with Crippen molar-refractivity contribution in [2.24, 2.45) is 29.6 Å². The van der Waals surface area contributed by atoms with Crippen molar-refractivity contribution >= 4 is 11.9 Å².